The Morgan fingerprint density at radius 1 is 1.40 bits per heavy atom. The number of hydrogen-bond acceptors (Lipinski definition) is 4. The van der Waals surface area contributed by atoms with Crippen molar-refractivity contribution in [1.82, 2.24) is 15.3 Å². The number of anilines is 1. The molecule has 0 aliphatic heterocycles. The van der Waals surface area contributed by atoms with Crippen molar-refractivity contribution >= 4 is 11.6 Å². The summed E-state index contributed by atoms with van der Waals surface area (Å²) in [6, 6.07) is 0. The van der Waals surface area contributed by atoms with Crippen LogP contribution in [-0.2, 0) is 0 Å². The van der Waals surface area contributed by atoms with Gasteiger partial charge in [0.25, 0.3) is 12.3 Å². The molecule has 1 aromatic rings. The molecule has 2 N–H and O–H groups in total. The first-order valence-electron chi connectivity index (χ1n) is 6.62. The maximum Gasteiger partial charge on any atom is 0.272 e. The van der Waals surface area contributed by atoms with Crippen molar-refractivity contribution in [3.8, 4) is 0 Å². The molecule has 20 heavy (non-hydrogen) atoms. The molecule has 112 valence electrons. The summed E-state index contributed by atoms with van der Waals surface area (Å²) in [7, 11) is 0. The van der Waals surface area contributed by atoms with Gasteiger partial charge >= 0.3 is 0 Å². The summed E-state index contributed by atoms with van der Waals surface area (Å²) in [4.78, 5) is 20.3. The fourth-order valence-corrected chi connectivity index (χ4v) is 1.49. The molecular formula is C13H20F2N4O. The van der Waals surface area contributed by atoms with Gasteiger partial charge in [-0.05, 0) is 6.42 Å². The number of nitrogens with zero attached hydrogens (tertiary/aromatic N) is 2. The van der Waals surface area contributed by atoms with E-state index in [0.29, 0.717) is 18.1 Å². The second-order valence-corrected chi connectivity index (χ2v) is 4.67. The highest BCUT2D eigenvalue weighted by atomic mass is 19.3. The van der Waals surface area contributed by atoms with Crippen molar-refractivity contribution in [1.29, 1.82) is 0 Å². The molecule has 0 unspecified atom stereocenters. The molecule has 0 spiro atoms. The predicted octanol–water partition coefficient (Wildman–Crippen LogP) is 2.42. The first kappa shape index (κ1) is 16.3. The van der Waals surface area contributed by atoms with Gasteiger partial charge in [-0.3, -0.25) is 4.79 Å². The van der Waals surface area contributed by atoms with Crippen LogP contribution in [0, 0.1) is 0 Å². The zero-order valence-corrected chi connectivity index (χ0v) is 11.9. The van der Waals surface area contributed by atoms with Crippen molar-refractivity contribution in [2.75, 3.05) is 18.4 Å². The minimum absolute atomic E-state index is 0.0527. The number of carbonyl (C=O) groups is 1. The number of amides is 1. The topological polar surface area (TPSA) is 66.9 Å². The van der Waals surface area contributed by atoms with Crippen LogP contribution in [0.2, 0.25) is 0 Å². The van der Waals surface area contributed by atoms with E-state index >= 15 is 0 Å². The summed E-state index contributed by atoms with van der Waals surface area (Å²) in [5.74, 6) is -0.0562. The monoisotopic (exact) mass is 286 g/mol. The summed E-state index contributed by atoms with van der Waals surface area (Å²) >= 11 is 0. The van der Waals surface area contributed by atoms with E-state index in [1.165, 1.54) is 6.20 Å². The summed E-state index contributed by atoms with van der Waals surface area (Å²) < 4.78 is 24.3. The van der Waals surface area contributed by atoms with Crippen molar-refractivity contribution in [2.45, 2.75) is 39.5 Å². The Morgan fingerprint density at radius 3 is 2.65 bits per heavy atom. The minimum atomic E-state index is -2.59. The highest BCUT2D eigenvalue weighted by molar-refractivity contribution is 5.97. The number of nitrogens with one attached hydrogen (secondary N) is 2. The van der Waals surface area contributed by atoms with E-state index in [2.05, 4.69) is 20.6 Å². The van der Waals surface area contributed by atoms with Crippen LogP contribution < -0.4 is 10.6 Å². The van der Waals surface area contributed by atoms with Crippen LogP contribution in [0.5, 0.6) is 0 Å². The van der Waals surface area contributed by atoms with Crippen LogP contribution in [0.25, 0.3) is 0 Å². The predicted molar refractivity (Wildman–Crippen MR) is 73.2 cm³/mol. The molecule has 0 radical (unpaired) electrons. The molecule has 0 bridgehead atoms. The average Bonchev–Trinajstić information content (AvgIpc) is 2.42. The molecule has 0 fully saturated rings. The van der Waals surface area contributed by atoms with Gasteiger partial charge in [0.05, 0.1) is 18.4 Å². The van der Waals surface area contributed by atoms with Crippen LogP contribution in [0.4, 0.5) is 14.5 Å². The van der Waals surface area contributed by atoms with Crippen LogP contribution in [0.15, 0.2) is 6.20 Å². The van der Waals surface area contributed by atoms with Crippen LogP contribution in [-0.4, -0.2) is 35.4 Å². The smallest absolute Gasteiger partial charge is 0.272 e. The van der Waals surface area contributed by atoms with Gasteiger partial charge in [0.2, 0.25) is 0 Å². The summed E-state index contributed by atoms with van der Waals surface area (Å²) in [5.41, 5.74) is 0.570. The molecule has 0 aromatic carbocycles. The number of halogens is 2. The number of aromatic nitrogens is 2. The lowest BCUT2D eigenvalue weighted by Crippen LogP contribution is -2.30. The Labute approximate surface area is 117 Å². The van der Waals surface area contributed by atoms with Crippen LogP contribution in [0.1, 0.15) is 49.4 Å². The van der Waals surface area contributed by atoms with Gasteiger partial charge < -0.3 is 10.6 Å². The zero-order valence-electron chi connectivity index (χ0n) is 11.9. The van der Waals surface area contributed by atoms with Crippen LogP contribution in [0.3, 0.4) is 0 Å². The molecule has 0 saturated heterocycles. The van der Waals surface area contributed by atoms with Gasteiger partial charge in [0.15, 0.2) is 5.69 Å². The van der Waals surface area contributed by atoms with E-state index in [1.54, 1.807) is 0 Å². The third-order valence-electron chi connectivity index (χ3n) is 2.52. The Kier molecular flexibility index (Phi) is 6.27. The molecule has 1 heterocycles. The molecule has 0 aliphatic rings. The second-order valence-electron chi connectivity index (χ2n) is 4.67. The van der Waals surface area contributed by atoms with E-state index in [-0.39, 0.29) is 11.6 Å². The summed E-state index contributed by atoms with van der Waals surface area (Å²) in [6.07, 6.45) is -0.198. The standard InChI is InChI=1S/C13H20F2N4O/c1-4-5-16-9-6-17-12(8(2)3)19-11(9)13(20)18-7-10(14)15/h6,8,10,16H,4-5,7H2,1-3H3,(H,18,20). The number of alkyl halides is 2. The van der Waals surface area contributed by atoms with Crippen molar-refractivity contribution in [3.05, 3.63) is 17.7 Å². The van der Waals surface area contributed by atoms with Gasteiger partial charge in [-0.25, -0.2) is 18.7 Å². The number of carbonyl (C=O) groups excluding carboxylic acids is 1. The minimum Gasteiger partial charge on any atom is -0.382 e. The summed E-state index contributed by atoms with van der Waals surface area (Å²) in [6.45, 7) is 5.74. The van der Waals surface area contributed by atoms with Crippen LogP contribution >= 0.6 is 0 Å². The van der Waals surface area contributed by atoms with Crippen molar-refractivity contribution < 1.29 is 13.6 Å². The second kappa shape index (κ2) is 7.72. The number of rotatable bonds is 7. The van der Waals surface area contributed by atoms with Gasteiger partial charge in [0.1, 0.15) is 5.82 Å². The molecular weight excluding hydrogens is 266 g/mol. The molecule has 1 aromatic heterocycles. The maximum atomic E-state index is 12.2. The lowest BCUT2D eigenvalue weighted by atomic mass is 10.2. The normalized spacial score (nSPS) is 10.9. The first-order valence-corrected chi connectivity index (χ1v) is 6.62. The zero-order chi connectivity index (χ0) is 15.1. The van der Waals surface area contributed by atoms with Gasteiger partial charge in [-0.1, -0.05) is 20.8 Å². The lowest BCUT2D eigenvalue weighted by Gasteiger charge is -2.13. The molecule has 1 rings (SSSR count). The van der Waals surface area contributed by atoms with E-state index in [1.807, 2.05) is 20.8 Å². The maximum absolute atomic E-state index is 12.2. The van der Waals surface area contributed by atoms with Crippen molar-refractivity contribution in [3.63, 3.8) is 0 Å². The van der Waals surface area contributed by atoms with Gasteiger partial charge in [-0.2, -0.15) is 0 Å². The van der Waals surface area contributed by atoms with Gasteiger partial charge in [-0.15, -0.1) is 0 Å². The fraction of sp³-hybridized carbons (Fsp3) is 0.615. The third kappa shape index (κ3) is 4.71. The molecule has 5 nitrogen and oxygen atoms in total. The Morgan fingerprint density at radius 2 is 2.10 bits per heavy atom. The van der Waals surface area contributed by atoms with Gasteiger partial charge in [0, 0.05) is 12.5 Å². The highest BCUT2D eigenvalue weighted by Gasteiger charge is 2.17. The molecule has 0 aliphatic carbocycles. The Hall–Kier alpha value is -1.79. The third-order valence-corrected chi connectivity index (χ3v) is 2.52. The largest absolute Gasteiger partial charge is 0.382 e. The van der Waals surface area contributed by atoms with E-state index < -0.39 is 18.9 Å². The van der Waals surface area contributed by atoms with Crippen molar-refractivity contribution in [2.24, 2.45) is 0 Å². The Bertz CT molecular complexity index is 452. The van der Waals surface area contributed by atoms with E-state index in [4.69, 9.17) is 0 Å². The summed E-state index contributed by atoms with van der Waals surface area (Å²) in [5, 5.41) is 5.19. The first-order chi connectivity index (χ1) is 9.45. The fourth-order valence-electron chi connectivity index (χ4n) is 1.49. The average molecular weight is 286 g/mol. The quantitative estimate of drug-likeness (QED) is 0.808. The highest BCUT2D eigenvalue weighted by Crippen LogP contribution is 2.16. The molecule has 0 atom stereocenters. The molecule has 0 saturated carbocycles. The molecule has 7 heteroatoms. The Balaban J connectivity index is 2.97. The molecule has 1 amide bonds. The SMILES string of the molecule is CCCNc1cnc(C(C)C)nc1C(=O)NCC(F)F. The van der Waals surface area contributed by atoms with E-state index in [9.17, 15) is 13.6 Å². The van der Waals surface area contributed by atoms with E-state index in [0.717, 1.165) is 6.42 Å². The number of hydrogen-bond donors (Lipinski definition) is 2. The lowest BCUT2D eigenvalue weighted by molar-refractivity contribution is 0.0887.